The van der Waals surface area contributed by atoms with Crippen molar-refractivity contribution >= 4 is 11.6 Å². The Morgan fingerprint density at radius 3 is 2.70 bits per heavy atom. The third-order valence-electron chi connectivity index (χ3n) is 3.24. The van der Waals surface area contributed by atoms with Crippen LogP contribution in [0, 0.1) is 6.92 Å². The Morgan fingerprint density at radius 1 is 1.35 bits per heavy atom. The number of hydrogen-bond acceptors (Lipinski definition) is 5. The summed E-state index contributed by atoms with van der Waals surface area (Å²) in [4.78, 5) is 19.3. The number of H-pyrrole nitrogens is 1. The fourth-order valence-electron chi connectivity index (χ4n) is 2.15. The van der Waals surface area contributed by atoms with Crippen molar-refractivity contribution < 1.29 is 9.47 Å². The average Bonchev–Trinajstić information content (AvgIpc) is 2.52. The van der Waals surface area contributed by atoms with Gasteiger partial charge in [-0.15, -0.1) is 0 Å². The maximum atomic E-state index is 12.1. The quantitative estimate of drug-likeness (QED) is 0.578. The normalized spacial score (nSPS) is 10.2. The third kappa shape index (κ3) is 4.60. The van der Waals surface area contributed by atoms with E-state index in [9.17, 15) is 4.79 Å². The number of anilines is 2. The Morgan fingerprint density at radius 2 is 2.09 bits per heavy atom. The minimum absolute atomic E-state index is 0.168. The van der Waals surface area contributed by atoms with Crippen LogP contribution in [0.1, 0.15) is 18.2 Å². The van der Waals surface area contributed by atoms with E-state index in [0.29, 0.717) is 36.8 Å². The molecule has 122 valence electrons. The largest absolute Gasteiger partial charge is 0.501 e. The van der Waals surface area contributed by atoms with E-state index in [1.807, 2.05) is 38.1 Å². The van der Waals surface area contributed by atoms with Crippen LogP contribution in [0.15, 0.2) is 41.9 Å². The molecule has 2 N–H and O–H groups in total. The van der Waals surface area contributed by atoms with E-state index in [0.717, 1.165) is 11.4 Å². The summed E-state index contributed by atoms with van der Waals surface area (Å²) in [5.41, 5.74) is 1.94. The Hall–Kier alpha value is -2.76. The van der Waals surface area contributed by atoms with E-state index in [2.05, 4.69) is 21.9 Å². The first-order valence-corrected chi connectivity index (χ1v) is 7.46. The van der Waals surface area contributed by atoms with E-state index in [-0.39, 0.29) is 5.56 Å². The summed E-state index contributed by atoms with van der Waals surface area (Å²) in [5.74, 6) is 1.21. The van der Waals surface area contributed by atoms with Gasteiger partial charge in [0.1, 0.15) is 5.75 Å². The lowest BCUT2D eigenvalue weighted by atomic mass is 10.2. The number of benzene rings is 1. The second-order valence-corrected chi connectivity index (χ2v) is 4.85. The number of aromatic amines is 1. The summed E-state index contributed by atoms with van der Waals surface area (Å²) >= 11 is 0. The highest BCUT2D eigenvalue weighted by molar-refractivity contribution is 5.54. The predicted octanol–water partition coefficient (Wildman–Crippen LogP) is 2.92. The number of aromatic nitrogens is 2. The van der Waals surface area contributed by atoms with E-state index in [1.54, 1.807) is 0 Å². The van der Waals surface area contributed by atoms with Gasteiger partial charge in [0.2, 0.25) is 5.95 Å². The number of rotatable bonds is 8. The van der Waals surface area contributed by atoms with E-state index in [1.165, 1.54) is 6.26 Å². The van der Waals surface area contributed by atoms with Crippen molar-refractivity contribution in [3.8, 4) is 5.75 Å². The second-order valence-electron chi connectivity index (χ2n) is 4.85. The van der Waals surface area contributed by atoms with Gasteiger partial charge in [-0.05, 0) is 38.1 Å². The summed E-state index contributed by atoms with van der Waals surface area (Å²) in [7, 11) is 0. The molecule has 0 amide bonds. The van der Waals surface area contributed by atoms with Gasteiger partial charge < -0.3 is 14.8 Å². The molecule has 1 heterocycles. The van der Waals surface area contributed by atoms with Gasteiger partial charge >= 0.3 is 0 Å². The first-order chi connectivity index (χ1) is 11.1. The monoisotopic (exact) mass is 315 g/mol. The Bertz CT molecular complexity index is 708. The van der Waals surface area contributed by atoms with Crippen LogP contribution >= 0.6 is 0 Å². The van der Waals surface area contributed by atoms with Gasteiger partial charge in [0.05, 0.1) is 25.2 Å². The molecule has 2 rings (SSSR count). The lowest BCUT2D eigenvalue weighted by molar-refractivity contribution is 0.254. The molecule has 0 bridgehead atoms. The van der Waals surface area contributed by atoms with Gasteiger partial charge in [-0.25, -0.2) is 4.98 Å². The summed E-state index contributed by atoms with van der Waals surface area (Å²) in [5, 5.41) is 3.08. The number of nitrogens with zero attached hydrogens (tertiary/aromatic N) is 1. The molecule has 1 aromatic carbocycles. The first-order valence-electron chi connectivity index (χ1n) is 7.46. The summed E-state index contributed by atoms with van der Waals surface area (Å²) in [6.07, 6.45) is 1.85. The van der Waals surface area contributed by atoms with Crippen molar-refractivity contribution in [3.05, 3.63) is 58.7 Å². The molecule has 0 radical (unpaired) electrons. The smallest absolute Gasteiger partial charge is 0.255 e. The molecule has 0 fully saturated rings. The van der Waals surface area contributed by atoms with E-state index >= 15 is 0 Å². The summed E-state index contributed by atoms with van der Waals surface area (Å²) in [6.45, 7) is 8.24. The van der Waals surface area contributed by atoms with E-state index < -0.39 is 0 Å². The standard InChI is InChI=1S/C17H21N3O3/c1-4-22-11-10-15-12(3)18-17(20-16(15)21)19-13-6-8-14(9-7-13)23-5-2/h4,6-9H,1,5,10-11H2,2-3H3,(H2,18,19,20,21). The molecule has 0 saturated heterocycles. The van der Waals surface area contributed by atoms with Gasteiger partial charge in [-0.1, -0.05) is 6.58 Å². The van der Waals surface area contributed by atoms with Gasteiger partial charge in [-0.3, -0.25) is 9.78 Å². The van der Waals surface area contributed by atoms with Crippen LogP contribution in [0.5, 0.6) is 5.75 Å². The van der Waals surface area contributed by atoms with Crippen LogP contribution in [0.2, 0.25) is 0 Å². The molecule has 2 aromatic rings. The topological polar surface area (TPSA) is 76.2 Å². The van der Waals surface area contributed by atoms with Gasteiger partial charge in [0, 0.05) is 17.7 Å². The molecule has 0 unspecified atom stereocenters. The predicted molar refractivity (Wildman–Crippen MR) is 90.3 cm³/mol. The first kappa shape index (κ1) is 16.6. The SMILES string of the molecule is C=COCCc1c(C)nc(Nc2ccc(OCC)cc2)[nH]c1=O. The Labute approximate surface area is 135 Å². The highest BCUT2D eigenvalue weighted by Crippen LogP contribution is 2.18. The van der Waals surface area contributed by atoms with Crippen molar-refractivity contribution in [1.29, 1.82) is 0 Å². The van der Waals surface area contributed by atoms with Crippen LogP contribution in [0.4, 0.5) is 11.6 Å². The van der Waals surface area contributed by atoms with Crippen molar-refractivity contribution in [2.45, 2.75) is 20.3 Å². The Balaban J connectivity index is 2.11. The number of ether oxygens (including phenoxy) is 2. The number of aryl methyl sites for hydroxylation is 1. The molecule has 0 saturated carbocycles. The molecule has 0 aliphatic heterocycles. The molecule has 0 spiro atoms. The van der Waals surface area contributed by atoms with Crippen LogP contribution in [0.25, 0.3) is 0 Å². The lowest BCUT2D eigenvalue weighted by Gasteiger charge is -2.10. The molecule has 0 aliphatic carbocycles. The minimum Gasteiger partial charge on any atom is -0.501 e. The summed E-state index contributed by atoms with van der Waals surface area (Å²) in [6, 6.07) is 7.45. The minimum atomic E-state index is -0.168. The molecule has 6 nitrogen and oxygen atoms in total. The molecular weight excluding hydrogens is 294 g/mol. The van der Waals surface area contributed by atoms with Crippen molar-refractivity contribution in [2.75, 3.05) is 18.5 Å². The van der Waals surface area contributed by atoms with Crippen LogP contribution < -0.4 is 15.6 Å². The number of nitrogens with one attached hydrogen (secondary N) is 2. The highest BCUT2D eigenvalue weighted by Gasteiger charge is 2.08. The third-order valence-corrected chi connectivity index (χ3v) is 3.24. The fraction of sp³-hybridized carbons (Fsp3) is 0.294. The molecule has 0 aliphatic rings. The number of hydrogen-bond donors (Lipinski definition) is 2. The Kier molecular flexibility index (Phi) is 5.80. The lowest BCUT2D eigenvalue weighted by Crippen LogP contribution is -2.19. The fourth-order valence-corrected chi connectivity index (χ4v) is 2.15. The van der Waals surface area contributed by atoms with Crippen molar-refractivity contribution in [1.82, 2.24) is 9.97 Å². The molecule has 0 atom stereocenters. The zero-order chi connectivity index (χ0) is 16.7. The van der Waals surface area contributed by atoms with Crippen molar-refractivity contribution in [3.63, 3.8) is 0 Å². The molecule has 1 aromatic heterocycles. The van der Waals surface area contributed by atoms with Crippen LogP contribution in [-0.4, -0.2) is 23.2 Å². The zero-order valence-electron chi connectivity index (χ0n) is 13.4. The van der Waals surface area contributed by atoms with Gasteiger partial charge in [-0.2, -0.15) is 0 Å². The van der Waals surface area contributed by atoms with Gasteiger partial charge in [0.25, 0.3) is 5.56 Å². The highest BCUT2D eigenvalue weighted by atomic mass is 16.5. The van der Waals surface area contributed by atoms with E-state index in [4.69, 9.17) is 9.47 Å². The van der Waals surface area contributed by atoms with Crippen LogP contribution in [-0.2, 0) is 11.2 Å². The molecular formula is C17H21N3O3. The average molecular weight is 315 g/mol. The molecule has 6 heteroatoms. The second kappa shape index (κ2) is 8.03. The van der Waals surface area contributed by atoms with Crippen molar-refractivity contribution in [2.24, 2.45) is 0 Å². The molecule has 23 heavy (non-hydrogen) atoms. The van der Waals surface area contributed by atoms with Gasteiger partial charge in [0.15, 0.2) is 0 Å². The van der Waals surface area contributed by atoms with Crippen LogP contribution in [0.3, 0.4) is 0 Å². The maximum absolute atomic E-state index is 12.1. The maximum Gasteiger partial charge on any atom is 0.255 e. The summed E-state index contributed by atoms with van der Waals surface area (Å²) < 4.78 is 10.5. The zero-order valence-corrected chi connectivity index (χ0v) is 13.4.